The molecule has 8 rings (SSSR count). The van der Waals surface area contributed by atoms with Gasteiger partial charge in [0.2, 0.25) is 5.91 Å². The molecule has 340 valence electrons. The predicted molar refractivity (Wildman–Crippen MR) is 245 cm³/mol. The lowest BCUT2D eigenvalue weighted by Crippen LogP contribution is -2.53. The highest BCUT2D eigenvalue weighted by Crippen LogP contribution is 2.36. The molecule has 0 aliphatic carbocycles. The van der Waals surface area contributed by atoms with E-state index in [1.54, 1.807) is 4.90 Å². The Labute approximate surface area is 379 Å². The number of likely N-dealkylation sites (tertiary alicyclic amines) is 2. The fraction of sp³-hybridized carbons (Fsp3) is 0.400. The number of aryl methyl sites for hydroxylation is 1. The summed E-state index contributed by atoms with van der Waals surface area (Å²) >= 11 is 0. The van der Waals surface area contributed by atoms with E-state index in [2.05, 4.69) is 82.1 Å². The van der Waals surface area contributed by atoms with Crippen molar-refractivity contribution in [3.05, 3.63) is 125 Å². The van der Waals surface area contributed by atoms with Gasteiger partial charge in [-0.1, -0.05) is 85.8 Å². The Kier molecular flexibility index (Phi) is 14.4. The summed E-state index contributed by atoms with van der Waals surface area (Å²) in [5.41, 5.74) is 7.93. The topological polar surface area (TPSA) is 184 Å². The molecule has 4 N–H and O–H groups in total. The second-order valence-corrected chi connectivity index (χ2v) is 16.9. The fourth-order valence-electron chi connectivity index (χ4n) is 9.39. The Morgan fingerprint density at radius 3 is 2.00 bits per heavy atom. The number of nitrogens with zero attached hydrogens (tertiary/aromatic N) is 4. The van der Waals surface area contributed by atoms with Gasteiger partial charge in [-0.3, -0.25) is 9.59 Å². The molecule has 15 heteroatoms. The number of nitrogens with one attached hydrogen (secondary N) is 4. The van der Waals surface area contributed by atoms with Crippen LogP contribution in [0.25, 0.3) is 28.6 Å². The van der Waals surface area contributed by atoms with Gasteiger partial charge in [-0.05, 0) is 91.2 Å². The normalized spacial score (nSPS) is 18.7. The summed E-state index contributed by atoms with van der Waals surface area (Å²) in [5.74, 6) is 1.10. The highest BCUT2D eigenvalue weighted by atomic mass is 16.5. The summed E-state index contributed by atoms with van der Waals surface area (Å²) in [5, 5.41) is 5.54. The highest BCUT2D eigenvalue weighted by molar-refractivity contribution is 5.88. The lowest BCUT2D eigenvalue weighted by Gasteiger charge is -2.34. The van der Waals surface area contributed by atoms with Gasteiger partial charge in [0.15, 0.2) is 0 Å². The summed E-state index contributed by atoms with van der Waals surface area (Å²) in [6.45, 7) is 4.42. The molecule has 5 heterocycles. The molecular weight excluding hydrogens is 825 g/mol. The van der Waals surface area contributed by atoms with Crippen LogP contribution in [0.15, 0.2) is 91.3 Å². The van der Waals surface area contributed by atoms with Crippen LogP contribution in [0.1, 0.15) is 97.5 Å². The van der Waals surface area contributed by atoms with Crippen LogP contribution in [0.3, 0.4) is 0 Å². The minimum atomic E-state index is -0.883. The number of carbonyl (C=O) groups excluding carboxylic acids is 4. The maximum Gasteiger partial charge on any atom is 0.407 e. The molecule has 0 bridgehead atoms. The monoisotopic (exact) mass is 882 g/mol. The number of rotatable bonds is 14. The molecule has 65 heavy (non-hydrogen) atoms. The Bertz CT molecular complexity index is 2460. The minimum absolute atomic E-state index is 0.0261. The van der Waals surface area contributed by atoms with Gasteiger partial charge in [0.05, 0.1) is 50.1 Å². The molecule has 3 fully saturated rings. The van der Waals surface area contributed by atoms with E-state index in [1.165, 1.54) is 19.8 Å². The molecule has 3 saturated heterocycles. The summed E-state index contributed by atoms with van der Waals surface area (Å²) in [7, 11) is 2.60. The van der Waals surface area contributed by atoms with Crippen molar-refractivity contribution >= 4 is 30.1 Å². The van der Waals surface area contributed by atoms with Gasteiger partial charge in [0, 0.05) is 31.9 Å². The number of amides is 4. The Morgan fingerprint density at radius 2 is 1.37 bits per heavy atom. The van der Waals surface area contributed by atoms with Crippen LogP contribution in [-0.2, 0) is 36.6 Å². The molecule has 0 saturated carbocycles. The smallest absolute Gasteiger partial charge is 0.407 e. The van der Waals surface area contributed by atoms with Crippen molar-refractivity contribution in [3.63, 3.8) is 0 Å². The first kappa shape index (κ1) is 44.9. The van der Waals surface area contributed by atoms with Gasteiger partial charge >= 0.3 is 12.2 Å². The number of benzene rings is 3. The van der Waals surface area contributed by atoms with Crippen molar-refractivity contribution < 1.29 is 33.4 Å². The number of H-pyrrole nitrogens is 2. The number of alkyl carbamates (subject to hydrolysis) is 2. The van der Waals surface area contributed by atoms with Crippen LogP contribution < -0.4 is 10.6 Å². The number of ether oxygens (including phenoxy) is 3. The van der Waals surface area contributed by atoms with E-state index in [0.29, 0.717) is 50.5 Å². The van der Waals surface area contributed by atoms with Gasteiger partial charge in [0.25, 0.3) is 5.91 Å². The molecule has 15 nitrogen and oxygen atoms in total. The zero-order chi connectivity index (χ0) is 45.3. The van der Waals surface area contributed by atoms with Gasteiger partial charge in [-0.2, -0.15) is 0 Å². The molecule has 3 aliphatic rings. The van der Waals surface area contributed by atoms with Gasteiger partial charge in [-0.25, -0.2) is 19.6 Å². The van der Waals surface area contributed by atoms with Crippen LogP contribution >= 0.6 is 0 Å². The van der Waals surface area contributed by atoms with Crippen molar-refractivity contribution in [1.29, 1.82) is 0 Å². The second kappa shape index (κ2) is 20.8. The minimum Gasteiger partial charge on any atom is -0.453 e. The number of hydrogen-bond donors (Lipinski definition) is 4. The molecule has 5 aromatic rings. The third-order valence-corrected chi connectivity index (χ3v) is 12.9. The van der Waals surface area contributed by atoms with Crippen LogP contribution in [0.5, 0.6) is 0 Å². The summed E-state index contributed by atoms with van der Waals surface area (Å²) in [4.78, 5) is 72.7. The van der Waals surface area contributed by atoms with E-state index < -0.39 is 24.3 Å². The first-order valence-electron chi connectivity index (χ1n) is 22.7. The molecule has 3 aliphatic heterocycles. The largest absolute Gasteiger partial charge is 0.453 e. The fourth-order valence-corrected chi connectivity index (χ4v) is 9.39. The van der Waals surface area contributed by atoms with E-state index in [9.17, 15) is 19.2 Å². The van der Waals surface area contributed by atoms with E-state index in [4.69, 9.17) is 24.2 Å². The van der Waals surface area contributed by atoms with Gasteiger partial charge in [-0.15, -0.1) is 0 Å². The number of hydrogen-bond acceptors (Lipinski definition) is 9. The zero-order valence-corrected chi connectivity index (χ0v) is 37.3. The first-order chi connectivity index (χ1) is 31.7. The van der Waals surface area contributed by atoms with Crippen molar-refractivity contribution in [3.8, 4) is 22.5 Å². The Morgan fingerprint density at radius 1 is 0.769 bits per heavy atom. The standard InChI is InChI=1S/C50H58N8O7/c1-4-33-21-22-38(40-31-52-46(54-40)42-16-10-25-57(42)47(59)43(55-49(61)63-2)35-12-6-5-7-13-35)29-37(33)14-8-11-32-17-19-34(20-18-32)39-30-51-45(53-39)41-15-9-26-58(41)48(60)44(56-50(62)64-3)36-23-27-65-28-24-36/h5-8,12-14,17-22,29-31,36,41-44H,4,9-11,15-16,23-28H2,1-3H3,(H,51,53)(H,52,54)(H,55,61)(H,56,62)/b14-8-. The van der Waals surface area contributed by atoms with Crippen LogP contribution in [0.2, 0.25) is 0 Å². The SMILES string of the molecule is CCc1ccc(-c2cnc(C3CCCN3C(=O)C(NC(=O)OC)c3ccccc3)[nH]2)cc1/C=C\Cc1ccc(-c2cnc(C3CCCN3C(=O)C(NC(=O)OC)C3CCOCC3)[nH]2)cc1. The lowest BCUT2D eigenvalue weighted by atomic mass is 9.90. The van der Waals surface area contributed by atoms with E-state index in [0.717, 1.165) is 78.0 Å². The molecule has 0 radical (unpaired) electrons. The number of methoxy groups -OCH3 is 2. The molecule has 0 spiro atoms. The first-order valence-corrected chi connectivity index (χ1v) is 22.7. The average molecular weight is 883 g/mol. The van der Waals surface area contributed by atoms with Gasteiger partial charge in [0.1, 0.15) is 23.7 Å². The van der Waals surface area contributed by atoms with E-state index >= 15 is 0 Å². The summed E-state index contributed by atoms with van der Waals surface area (Å²) < 4.78 is 15.3. The maximum atomic E-state index is 14.0. The number of carbonyl (C=O) groups is 4. The zero-order valence-electron chi connectivity index (χ0n) is 37.3. The van der Waals surface area contributed by atoms with Crippen LogP contribution in [-0.4, -0.2) is 100 Å². The highest BCUT2D eigenvalue weighted by Gasteiger charge is 2.40. The van der Waals surface area contributed by atoms with E-state index in [-0.39, 0.29) is 29.8 Å². The quantitative estimate of drug-likeness (QED) is 0.0863. The predicted octanol–water partition coefficient (Wildman–Crippen LogP) is 7.86. The molecule has 3 aromatic carbocycles. The molecule has 4 unspecified atom stereocenters. The number of aromatic amines is 2. The number of imidazole rings is 2. The Balaban J connectivity index is 0.911. The molecule has 4 amide bonds. The average Bonchev–Trinajstić information content (AvgIpc) is 4.20. The number of aromatic nitrogens is 4. The molecule has 2 aromatic heterocycles. The summed E-state index contributed by atoms with van der Waals surface area (Å²) in [6, 6.07) is 22.0. The summed E-state index contributed by atoms with van der Waals surface area (Å²) in [6.07, 6.45) is 12.9. The van der Waals surface area contributed by atoms with Crippen LogP contribution in [0, 0.1) is 5.92 Å². The van der Waals surface area contributed by atoms with Crippen molar-refractivity contribution in [2.75, 3.05) is 40.5 Å². The van der Waals surface area contributed by atoms with Crippen molar-refractivity contribution in [2.45, 2.75) is 82.5 Å². The number of allylic oxidation sites excluding steroid dienone is 1. The maximum absolute atomic E-state index is 14.0. The third kappa shape index (κ3) is 10.3. The van der Waals surface area contributed by atoms with Crippen LogP contribution in [0.4, 0.5) is 9.59 Å². The Hall–Kier alpha value is -6.74. The lowest BCUT2D eigenvalue weighted by molar-refractivity contribution is -0.137. The third-order valence-electron chi connectivity index (χ3n) is 12.9. The molecular formula is C50H58N8O7. The van der Waals surface area contributed by atoms with Crippen molar-refractivity contribution in [2.24, 2.45) is 5.92 Å². The van der Waals surface area contributed by atoms with Crippen molar-refractivity contribution in [1.82, 2.24) is 40.4 Å². The van der Waals surface area contributed by atoms with Gasteiger partial charge < -0.3 is 44.6 Å². The van der Waals surface area contributed by atoms with E-state index in [1.807, 2.05) is 47.6 Å². The second-order valence-electron chi connectivity index (χ2n) is 16.9. The molecule has 4 atom stereocenters.